The zero-order chi connectivity index (χ0) is 26.3. The van der Waals surface area contributed by atoms with Crippen LogP contribution in [0.25, 0.3) is 22.3 Å². The molecule has 0 N–H and O–H groups in total. The predicted octanol–water partition coefficient (Wildman–Crippen LogP) is 3.60. The molecular weight excluding hydrogens is 499 g/mol. The maximum Gasteiger partial charge on any atom is 0.356 e. The predicted molar refractivity (Wildman–Crippen MR) is 117 cm³/mol. The fraction of sp³-hybridized carbons (Fsp3) is 0.333. The number of anilines is 1. The smallest absolute Gasteiger partial charge is 0.314 e. The monoisotopic (exact) mass is 518 g/mol. The number of alkyl halides is 5. The number of fused-ring (bicyclic) bond motifs is 1. The summed E-state index contributed by atoms with van der Waals surface area (Å²) < 4.78 is 92.4. The number of aromatic nitrogens is 3. The van der Waals surface area contributed by atoms with Gasteiger partial charge in [0.15, 0.2) is 9.84 Å². The first-order chi connectivity index (χ1) is 16.2. The number of nitrogens with zero attached hydrogens (tertiary/aromatic N) is 4. The lowest BCUT2D eigenvalue weighted by Crippen LogP contribution is -2.39. The molecule has 0 aromatic carbocycles. The number of pyridine rings is 3. The summed E-state index contributed by atoms with van der Waals surface area (Å²) in [5.41, 5.74) is -1.87. The third-order valence-electron chi connectivity index (χ3n) is 5.31. The van der Waals surface area contributed by atoms with Crippen LogP contribution in [0.5, 0.6) is 0 Å². The van der Waals surface area contributed by atoms with E-state index in [1.807, 2.05) is 0 Å². The number of amides is 1. The SMILES string of the molecule is CCS(=O)(=O)c1cc(N(C)C(C)=O)cnc1-c1cc2ccc(=O)n(C(F)C(F)(F)C(F)F)c2cn1. The minimum absolute atomic E-state index is 0.0612. The van der Waals surface area contributed by atoms with Crippen LogP contribution in [0, 0.1) is 0 Å². The van der Waals surface area contributed by atoms with Crippen molar-refractivity contribution < 1.29 is 35.2 Å². The highest BCUT2D eigenvalue weighted by Crippen LogP contribution is 2.37. The van der Waals surface area contributed by atoms with Crippen molar-refractivity contribution in [2.24, 2.45) is 0 Å². The Hall–Kier alpha value is -3.42. The number of halogens is 5. The first-order valence-electron chi connectivity index (χ1n) is 10.0. The minimum atomic E-state index is -5.15. The van der Waals surface area contributed by atoms with Crippen LogP contribution >= 0.6 is 0 Å². The van der Waals surface area contributed by atoms with Crippen molar-refractivity contribution in [3.05, 3.63) is 47.0 Å². The van der Waals surface area contributed by atoms with Gasteiger partial charge in [-0.15, -0.1) is 0 Å². The van der Waals surface area contributed by atoms with Crippen LogP contribution in [0.4, 0.5) is 27.6 Å². The van der Waals surface area contributed by atoms with Crippen LogP contribution in [-0.2, 0) is 14.6 Å². The number of hydrogen-bond donors (Lipinski definition) is 0. The Kier molecular flexibility index (Phi) is 6.97. The molecule has 3 heterocycles. The molecule has 188 valence electrons. The highest BCUT2D eigenvalue weighted by Gasteiger charge is 2.51. The van der Waals surface area contributed by atoms with E-state index in [9.17, 15) is 40.0 Å². The molecule has 0 aliphatic heterocycles. The van der Waals surface area contributed by atoms with Gasteiger partial charge in [-0.1, -0.05) is 6.92 Å². The van der Waals surface area contributed by atoms with Crippen LogP contribution < -0.4 is 10.5 Å². The first kappa shape index (κ1) is 26.2. The summed E-state index contributed by atoms with van der Waals surface area (Å²) >= 11 is 0. The van der Waals surface area contributed by atoms with Gasteiger partial charge in [0, 0.05) is 25.4 Å². The second kappa shape index (κ2) is 9.32. The number of carbonyl (C=O) groups is 1. The summed E-state index contributed by atoms with van der Waals surface area (Å²) in [5, 5.41) is -0.0612. The Labute approximate surface area is 195 Å². The normalized spacial score (nSPS) is 13.3. The van der Waals surface area contributed by atoms with E-state index < -0.39 is 39.6 Å². The average Bonchev–Trinajstić information content (AvgIpc) is 2.82. The van der Waals surface area contributed by atoms with Crippen LogP contribution in [0.1, 0.15) is 20.1 Å². The van der Waals surface area contributed by atoms with Gasteiger partial charge in [-0.25, -0.2) is 21.6 Å². The Bertz CT molecular complexity index is 1460. The van der Waals surface area contributed by atoms with Crippen molar-refractivity contribution in [1.82, 2.24) is 14.5 Å². The van der Waals surface area contributed by atoms with Crippen molar-refractivity contribution in [2.45, 2.75) is 37.4 Å². The van der Waals surface area contributed by atoms with Gasteiger partial charge >= 0.3 is 12.3 Å². The second-order valence-electron chi connectivity index (χ2n) is 7.50. The summed E-state index contributed by atoms with van der Waals surface area (Å²) in [6, 6.07) is 4.21. The molecule has 0 fully saturated rings. The lowest BCUT2D eigenvalue weighted by Gasteiger charge is -2.22. The van der Waals surface area contributed by atoms with Gasteiger partial charge in [0.1, 0.15) is 5.69 Å². The van der Waals surface area contributed by atoms with Gasteiger partial charge in [-0.05, 0) is 18.2 Å². The molecule has 3 aromatic rings. The van der Waals surface area contributed by atoms with E-state index in [4.69, 9.17) is 0 Å². The molecule has 0 aliphatic rings. The molecule has 0 spiro atoms. The van der Waals surface area contributed by atoms with Crippen molar-refractivity contribution in [3.8, 4) is 11.4 Å². The van der Waals surface area contributed by atoms with Crippen molar-refractivity contribution in [2.75, 3.05) is 17.7 Å². The van der Waals surface area contributed by atoms with E-state index in [2.05, 4.69) is 9.97 Å². The molecule has 0 bridgehead atoms. The van der Waals surface area contributed by atoms with Gasteiger partial charge in [0.05, 0.1) is 39.9 Å². The standard InChI is InChI=1S/C21H19F5N4O4S/c1-4-35(33,34)16-8-13(29(3)11(2)31)9-28-18(16)14-7-12-5-6-17(32)30(15(12)10-27-14)20(24)21(25,26)19(22)23/h5-10,19-20H,4H2,1-3H3. The van der Waals surface area contributed by atoms with E-state index in [1.54, 1.807) is 0 Å². The maximum absolute atomic E-state index is 14.4. The molecule has 0 saturated carbocycles. The molecule has 1 amide bonds. The van der Waals surface area contributed by atoms with Crippen LogP contribution in [-0.4, -0.2) is 54.0 Å². The van der Waals surface area contributed by atoms with E-state index >= 15 is 0 Å². The molecule has 0 aliphatic carbocycles. The Morgan fingerprint density at radius 1 is 1.14 bits per heavy atom. The average molecular weight is 518 g/mol. The summed E-state index contributed by atoms with van der Waals surface area (Å²) in [4.78, 5) is 32.7. The molecule has 1 unspecified atom stereocenters. The molecule has 0 saturated heterocycles. The van der Waals surface area contributed by atoms with Gasteiger partial charge < -0.3 is 4.90 Å². The topological polar surface area (TPSA) is 102 Å². The molecule has 3 aromatic heterocycles. The molecule has 14 heteroatoms. The van der Waals surface area contributed by atoms with E-state index in [0.717, 1.165) is 18.3 Å². The Morgan fingerprint density at radius 2 is 1.80 bits per heavy atom. The molecule has 0 radical (unpaired) electrons. The van der Waals surface area contributed by atoms with E-state index in [-0.39, 0.29) is 43.6 Å². The highest BCUT2D eigenvalue weighted by atomic mass is 32.2. The van der Waals surface area contributed by atoms with Crippen LogP contribution in [0.2, 0.25) is 0 Å². The van der Waals surface area contributed by atoms with Gasteiger partial charge in [0.2, 0.25) is 12.2 Å². The lowest BCUT2D eigenvalue weighted by atomic mass is 10.1. The third-order valence-corrected chi connectivity index (χ3v) is 7.05. The second-order valence-corrected chi connectivity index (χ2v) is 9.75. The zero-order valence-electron chi connectivity index (χ0n) is 18.5. The molecular formula is C21H19F5N4O4S. The van der Waals surface area contributed by atoms with E-state index in [1.165, 1.54) is 38.1 Å². The maximum atomic E-state index is 14.4. The summed E-state index contributed by atoms with van der Waals surface area (Å²) in [6.07, 6.45) is -6.04. The van der Waals surface area contributed by atoms with Gasteiger partial charge in [0.25, 0.3) is 5.56 Å². The summed E-state index contributed by atoms with van der Waals surface area (Å²) in [5.74, 6) is -5.87. The Balaban J connectivity index is 2.25. The Morgan fingerprint density at radius 3 is 2.37 bits per heavy atom. The summed E-state index contributed by atoms with van der Waals surface area (Å²) in [7, 11) is -2.49. The molecule has 35 heavy (non-hydrogen) atoms. The van der Waals surface area contributed by atoms with Crippen molar-refractivity contribution in [3.63, 3.8) is 0 Å². The summed E-state index contributed by atoms with van der Waals surface area (Å²) in [6.45, 7) is 2.65. The number of rotatable bonds is 7. The fourth-order valence-electron chi connectivity index (χ4n) is 3.18. The van der Waals surface area contributed by atoms with Gasteiger partial charge in [-0.2, -0.15) is 8.78 Å². The molecule has 1 atom stereocenters. The van der Waals surface area contributed by atoms with Crippen LogP contribution in [0.3, 0.4) is 0 Å². The van der Waals surface area contributed by atoms with Gasteiger partial charge in [-0.3, -0.25) is 24.1 Å². The third kappa shape index (κ3) is 4.74. The van der Waals surface area contributed by atoms with Crippen LogP contribution in [0.15, 0.2) is 46.3 Å². The highest BCUT2D eigenvalue weighted by molar-refractivity contribution is 7.91. The van der Waals surface area contributed by atoms with Crippen molar-refractivity contribution >= 4 is 32.3 Å². The quantitative estimate of drug-likeness (QED) is 0.443. The number of carbonyl (C=O) groups excluding carboxylic acids is 1. The number of hydrogen-bond acceptors (Lipinski definition) is 6. The molecule has 3 rings (SSSR count). The van der Waals surface area contributed by atoms with Crippen molar-refractivity contribution in [1.29, 1.82) is 0 Å². The first-order valence-corrected chi connectivity index (χ1v) is 11.7. The lowest BCUT2D eigenvalue weighted by molar-refractivity contribution is -0.191. The van der Waals surface area contributed by atoms with E-state index in [0.29, 0.717) is 6.07 Å². The minimum Gasteiger partial charge on any atom is -0.314 e. The number of sulfone groups is 1. The largest absolute Gasteiger partial charge is 0.356 e. The zero-order valence-corrected chi connectivity index (χ0v) is 19.4. The fourth-order valence-corrected chi connectivity index (χ4v) is 4.25. The molecule has 8 nitrogen and oxygen atoms in total.